The fraction of sp³-hybridized carbons (Fsp3) is 0. The molecule has 0 saturated carbocycles. The van der Waals surface area contributed by atoms with Crippen LogP contribution in [-0.2, 0) is 0 Å². The third kappa shape index (κ3) is 1.88. The van der Waals surface area contributed by atoms with Gasteiger partial charge in [0, 0.05) is 12.3 Å². The van der Waals surface area contributed by atoms with Gasteiger partial charge in [0.05, 0.1) is 0 Å². The van der Waals surface area contributed by atoms with Crippen LogP contribution in [0.25, 0.3) is 0 Å². The molecule has 0 spiro atoms. The highest BCUT2D eigenvalue weighted by atomic mass is 79.9. The van der Waals surface area contributed by atoms with Gasteiger partial charge in [-0.25, -0.2) is 5.10 Å². The van der Waals surface area contributed by atoms with Crippen LogP contribution >= 0.6 is 17.0 Å². The molecule has 0 aliphatic rings. The summed E-state index contributed by atoms with van der Waals surface area (Å²) >= 11 is 0. The van der Waals surface area contributed by atoms with Crippen molar-refractivity contribution in [3.05, 3.63) is 28.7 Å². The zero-order valence-corrected chi connectivity index (χ0v) is 5.71. The van der Waals surface area contributed by atoms with E-state index in [-0.39, 0.29) is 22.5 Å². The fourth-order valence-electron chi connectivity index (χ4n) is 0.312. The van der Waals surface area contributed by atoms with Crippen LogP contribution in [0.1, 0.15) is 0 Å². The Morgan fingerprint density at radius 3 is 2.62 bits per heavy atom. The molecule has 1 N–H and O–H groups in total. The molecule has 1 rings (SSSR count). The number of halogens is 1. The van der Waals surface area contributed by atoms with Gasteiger partial charge in [-0.3, -0.25) is 4.79 Å². The molecule has 4 heteroatoms. The largest absolute Gasteiger partial charge is 0.268 e. The van der Waals surface area contributed by atoms with Crippen molar-refractivity contribution < 1.29 is 0 Å². The molecule has 0 saturated heterocycles. The van der Waals surface area contributed by atoms with Crippen molar-refractivity contribution in [2.45, 2.75) is 0 Å². The molecule has 44 valence electrons. The zero-order chi connectivity index (χ0) is 5.11. The van der Waals surface area contributed by atoms with Crippen molar-refractivity contribution in [1.29, 1.82) is 0 Å². The number of aromatic nitrogens is 2. The van der Waals surface area contributed by atoms with E-state index in [1.165, 1.54) is 12.3 Å². The SMILES string of the molecule is Br.O=c1cccn[nH]1. The maximum Gasteiger partial charge on any atom is 0.264 e. The molecule has 1 heterocycles. The Hall–Kier alpha value is -0.640. The summed E-state index contributed by atoms with van der Waals surface area (Å²) in [6.07, 6.45) is 1.52. The van der Waals surface area contributed by atoms with E-state index in [0.717, 1.165) is 0 Å². The molecular weight excluding hydrogens is 172 g/mol. The van der Waals surface area contributed by atoms with Gasteiger partial charge in [0.2, 0.25) is 0 Å². The van der Waals surface area contributed by atoms with Crippen molar-refractivity contribution in [2.75, 3.05) is 0 Å². The van der Waals surface area contributed by atoms with Crippen LogP contribution < -0.4 is 5.56 Å². The lowest BCUT2D eigenvalue weighted by Crippen LogP contribution is -2.02. The summed E-state index contributed by atoms with van der Waals surface area (Å²) in [5.41, 5.74) is -0.164. The highest BCUT2D eigenvalue weighted by molar-refractivity contribution is 8.93. The van der Waals surface area contributed by atoms with E-state index >= 15 is 0 Å². The predicted molar refractivity (Wildman–Crippen MR) is 35.2 cm³/mol. The summed E-state index contributed by atoms with van der Waals surface area (Å²) in [6, 6.07) is 2.99. The summed E-state index contributed by atoms with van der Waals surface area (Å²) in [7, 11) is 0. The first-order valence-electron chi connectivity index (χ1n) is 1.89. The Labute approximate surface area is 56.5 Å². The summed E-state index contributed by atoms with van der Waals surface area (Å²) in [5.74, 6) is 0. The van der Waals surface area contributed by atoms with Crippen LogP contribution in [0, 0.1) is 0 Å². The number of rotatable bonds is 0. The Balaban J connectivity index is 0.000000490. The van der Waals surface area contributed by atoms with Crippen LogP contribution in [0.5, 0.6) is 0 Å². The quantitative estimate of drug-likeness (QED) is 0.621. The number of H-pyrrole nitrogens is 1. The second-order valence-corrected chi connectivity index (χ2v) is 1.11. The van der Waals surface area contributed by atoms with Crippen molar-refractivity contribution in [2.24, 2.45) is 0 Å². The highest BCUT2D eigenvalue weighted by Gasteiger charge is 1.70. The zero-order valence-electron chi connectivity index (χ0n) is 4.00. The normalized spacial score (nSPS) is 7.50. The van der Waals surface area contributed by atoms with E-state index in [1.807, 2.05) is 0 Å². The molecule has 0 aliphatic heterocycles. The van der Waals surface area contributed by atoms with Gasteiger partial charge in [-0.1, -0.05) is 0 Å². The van der Waals surface area contributed by atoms with Crippen molar-refractivity contribution in [3.63, 3.8) is 0 Å². The second kappa shape index (κ2) is 3.37. The summed E-state index contributed by atoms with van der Waals surface area (Å²) in [6.45, 7) is 0. The predicted octanol–water partition coefficient (Wildman–Crippen LogP) is 0.348. The first-order chi connectivity index (χ1) is 3.39. The molecule has 0 atom stereocenters. The summed E-state index contributed by atoms with van der Waals surface area (Å²) in [5, 5.41) is 5.67. The third-order valence-electron chi connectivity index (χ3n) is 0.583. The van der Waals surface area contributed by atoms with Gasteiger partial charge < -0.3 is 0 Å². The molecule has 1 aromatic rings. The second-order valence-electron chi connectivity index (χ2n) is 1.11. The van der Waals surface area contributed by atoms with Crippen molar-refractivity contribution in [3.8, 4) is 0 Å². The van der Waals surface area contributed by atoms with Crippen LogP contribution in [-0.4, -0.2) is 10.2 Å². The molecule has 0 aromatic carbocycles. The molecule has 3 nitrogen and oxygen atoms in total. The van der Waals surface area contributed by atoms with E-state index < -0.39 is 0 Å². The minimum absolute atomic E-state index is 0. The maximum atomic E-state index is 10.2. The number of hydrogen-bond donors (Lipinski definition) is 1. The first kappa shape index (κ1) is 7.36. The van der Waals surface area contributed by atoms with Crippen LogP contribution in [0.4, 0.5) is 0 Å². The lowest BCUT2D eigenvalue weighted by molar-refractivity contribution is 0.988. The number of aromatic amines is 1. The van der Waals surface area contributed by atoms with Gasteiger partial charge in [0.15, 0.2) is 0 Å². The van der Waals surface area contributed by atoms with Gasteiger partial charge in [-0.05, 0) is 6.07 Å². The molecule has 0 amide bonds. The maximum absolute atomic E-state index is 10.2. The minimum Gasteiger partial charge on any atom is -0.268 e. The van der Waals surface area contributed by atoms with Gasteiger partial charge in [0.1, 0.15) is 0 Å². The molecule has 1 aromatic heterocycles. The number of hydrogen-bond acceptors (Lipinski definition) is 2. The average molecular weight is 177 g/mol. The molecular formula is C4H5BrN2O. The molecule has 0 aliphatic carbocycles. The van der Waals surface area contributed by atoms with E-state index in [4.69, 9.17) is 0 Å². The average Bonchev–Trinajstić information content (AvgIpc) is 1.69. The van der Waals surface area contributed by atoms with Crippen LogP contribution in [0.2, 0.25) is 0 Å². The van der Waals surface area contributed by atoms with Crippen molar-refractivity contribution in [1.82, 2.24) is 10.2 Å². The smallest absolute Gasteiger partial charge is 0.264 e. The van der Waals surface area contributed by atoms with E-state index in [9.17, 15) is 4.79 Å². The van der Waals surface area contributed by atoms with Crippen LogP contribution in [0.3, 0.4) is 0 Å². The van der Waals surface area contributed by atoms with Gasteiger partial charge >= 0.3 is 0 Å². The Morgan fingerprint density at radius 1 is 1.62 bits per heavy atom. The third-order valence-corrected chi connectivity index (χ3v) is 0.583. The lowest BCUT2D eigenvalue weighted by atomic mass is 10.6. The topological polar surface area (TPSA) is 45.8 Å². The van der Waals surface area contributed by atoms with Gasteiger partial charge in [0.25, 0.3) is 5.56 Å². The van der Waals surface area contributed by atoms with E-state index in [1.54, 1.807) is 6.07 Å². The van der Waals surface area contributed by atoms with Gasteiger partial charge in [-0.2, -0.15) is 5.10 Å². The Kier molecular flexibility index (Phi) is 3.10. The Morgan fingerprint density at radius 2 is 2.38 bits per heavy atom. The number of nitrogens with zero attached hydrogens (tertiary/aromatic N) is 1. The summed E-state index contributed by atoms with van der Waals surface area (Å²) in [4.78, 5) is 10.2. The fourth-order valence-corrected chi connectivity index (χ4v) is 0.312. The number of nitrogens with one attached hydrogen (secondary N) is 1. The lowest BCUT2D eigenvalue weighted by Gasteiger charge is -1.72. The monoisotopic (exact) mass is 176 g/mol. The van der Waals surface area contributed by atoms with Gasteiger partial charge in [-0.15, -0.1) is 17.0 Å². The molecule has 0 unspecified atom stereocenters. The summed E-state index contributed by atoms with van der Waals surface area (Å²) < 4.78 is 0. The molecule has 0 fully saturated rings. The highest BCUT2D eigenvalue weighted by Crippen LogP contribution is 1.60. The van der Waals surface area contributed by atoms with Crippen molar-refractivity contribution >= 4 is 17.0 Å². The first-order valence-corrected chi connectivity index (χ1v) is 1.89. The van der Waals surface area contributed by atoms with E-state index in [2.05, 4.69) is 10.2 Å². The molecule has 0 bridgehead atoms. The molecule has 8 heavy (non-hydrogen) atoms. The Bertz CT molecular complexity index is 180. The minimum atomic E-state index is -0.164. The van der Waals surface area contributed by atoms with Crippen LogP contribution in [0.15, 0.2) is 23.1 Å². The molecule has 0 radical (unpaired) electrons. The standard InChI is InChI=1S/C4H4N2O.BrH/c7-4-2-1-3-5-6-4;/h1-3H,(H,6,7);1H. The van der Waals surface area contributed by atoms with E-state index in [0.29, 0.717) is 0 Å².